The normalized spacial score (nSPS) is 24.9. The Morgan fingerprint density at radius 3 is 2.96 bits per heavy atom. The summed E-state index contributed by atoms with van der Waals surface area (Å²) >= 11 is 5.76. The quantitative estimate of drug-likeness (QED) is 0.765. The molecule has 0 spiro atoms. The summed E-state index contributed by atoms with van der Waals surface area (Å²) in [5.74, 6) is -1.81. The molecule has 1 aromatic carbocycles. The lowest BCUT2D eigenvalue weighted by Gasteiger charge is -2.34. The number of halogens is 2. The van der Waals surface area contributed by atoms with Crippen LogP contribution in [0.3, 0.4) is 0 Å². The molecule has 2 amide bonds. The van der Waals surface area contributed by atoms with E-state index in [4.69, 9.17) is 20.9 Å². The molecule has 0 unspecified atom stereocenters. The second-order valence-electron chi connectivity index (χ2n) is 6.84. The minimum absolute atomic E-state index is 0.0589. The Balaban J connectivity index is 1.43. The Labute approximate surface area is 156 Å². The van der Waals surface area contributed by atoms with Crippen LogP contribution in [0.2, 0.25) is 5.02 Å². The molecular formula is C17H21BClFN2O4. The molecule has 3 rings (SSSR count). The summed E-state index contributed by atoms with van der Waals surface area (Å²) in [5.41, 5.74) is -0.490. The SMILES string of the molecule is C[C@]12CCCC[C@H]1OB(CNC(=O)CNC(=O)c1cc(Cl)ccc1F)O2. The fourth-order valence-corrected chi connectivity index (χ4v) is 3.58. The largest absolute Gasteiger partial charge is 0.478 e. The van der Waals surface area contributed by atoms with E-state index >= 15 is 0 Å². The number of hydrogen-bond donors (Lipinski definition) is 2. The smallest absolute Gasteiger partial charge is 0.404 e. The molecule has 1 saturated heterocycles. The highest BCUT2D eigenvalue weighted by molar-refractivity contribution is 6.45. The monoisotopic (exact) mass is 382 g/mol. The molecule has 2 atom stereocenters. The van der Waals surface area contributed by atoms with Crippen LogP contribution in [0.1, 0.15) is 43.0 Å². The molecular weight excluding hydrogens is 361 g/mol. The topological polar surface area (TPSA) is 76.7 Å². The minimum Gasteiger partial charge on any atom is -0.404 e. The first-order chi connectivity index (χ1) is 12.4. The molecule has 1 aliphatic carbocycles. The van der Waals surface area contributed by atoms with E-state index < -0.39 is 24.7 Å². The third kappa shape index (κ3) is 4.36. The first-order valence-electron chi connectivity index (χ1n) is 8.70. The number of carbonyl (C=O) groups excluding carboxylic acids is 2. The Morgan fingerprint density at radius 1 is 1.38 bits per heavy atom. The van der Waals surface area contributed by atoms with E-state index in [0.717, 1.165) is 31.7 Å². The zero-order valence-electron chi connectivity index (χ0n) is 14.5. The number of nitrogens with one attached hydrogen (secondary N) is 2. The average molecular weight is 383 g/mol. The van der Waals surface area contributed by atoms with Gasteiger partial charge in [0.2, 0.25) is 5.91 Å². The van der Waals surface area contributed by atoms with Gasteiger partial charge < -0.3 is 19.9 Å². The molecule has 0 radical (unpaired) electrons. The zero-order chi connectivity index (χ0) is 18.7. The Morgan fingerprint density at radius 2 is 2.19 bits per heavy atom. The number of hydrogen-bond acceptors (Lipinski definition) is 4. The fraction of sp³-hybridized carbons (Fsp3) is 0.529. The van der Waals surface area contributed by atoms with Crippen LogP contribution in [-0.2, 0) is 14.1 Å². The van der Waals surface area contributed by atoms with Gasteiger partial charge in [0.15, 0.2) is 0 Å². The molecule has 2 N–H and O–H groups in total. The van der Waals surface area contributed by atoms with Gasteiger partial charge >= 0.3 is 7.12 Å². The lowest BCUT2D eigenvalue weighted by atomic mass is 9.84. The molecule has 6 nitrogen and oxygen atoms in total. The Bertz CT molecular complexity index is 707. The number of rotatable bonds is 5. The molecule has 0 aromatic heterocycles. The number of carbonyl (C=O) groups is 2. The van der Waals surface area contributed by atoms with E-state index in [1.54, 1.807) is 0 Å². The van der Waals surface area contributed by atoms with Gasteiger partial charge in [-0.25, -0.2) is 4.39 Å². The van der Waals surface area contributed by atoms with E-state index in [1.165, 1.54) is 12.1 Å². The van der Waals surface area contributed by atoms with Crippen molar-refractivity contribution in [1.82, 2.24) is 10.6 Å². The average Bonchev–Trinajstić information content (AvgIpc) is 2.96. The standard InChI is InChI=1S/C17H21BClFN2O4/c1-17-7-3-2-4-14(17)25-18(26-17)10-22-15(23)9-21-16(24)12-8-11(19)5-6-13(12)20/h5-6,8,14H,2-4,7,9-10H2,1H3,(H,21,24)(H,22,23)/t14-,17+/m1/s1. The molecule has 0 bridgehead atoms. The van der Waals surface area contributed by atoms with Gasteiger partial charge in [-0.15, -0.1) is 0 Å². The van der Waals surface area contributed by atoms with Gasteiger partial charge in [0.25, 0.3) is 5.91 Å². The first-order valence-corrected chi connectivity index (χ1v) is 9.08. The van der Waals surface area contributed by atoms with Crippen molar-refractivity contribution in [3.63, 3.8) is 0 Å². The van der Waals surface area contributed by atoms with Crippen molar-refractivity contribution in [3.8, 4) is 0 Å². The molecule has 2 fully saturated rings. The molecule has 1 heterocycles. The summed E-state index contributed by atoms with van der Waals surface area (Å²) in [6.07, 6.45) is 4.40. The maximum atomic E-state index is 13.6. The molecule has 140 valence electrons. The predicted octanol–water partition coefficient (Wildman–Crippen LogP) is 2.10. The predicted molar refractivity (Wildman–Crippen MR) is 95.3 cm³/mol. The molecule has 26 heavy (non-hydrogen) atoms. The van der Waals surface area contributed by atoms with Crippen LogP contribution in [0.4, 0.5) is 4.39 Å². The summed E-state index contributed by atoms with van der Waals surface area (Å²) < 4.78 is 25.4. The van der Waals surface area contributed by atoms with Gasteiger partial charge in [0.05, 0.1) is 30.3 Å². The Hall–Kier alpha value is -1.64. The fourth-order valence-electron chi connectivity index (χ4n) is 3.41. The summed E-state index contributed by atoms with van der Waals surface area (Å²) in [6, 6.07) is 3.67. The van der Waals surface area contributed by atoms with Crippen molar-refractivity contribution in [2.45, 2.75) is 44.3 Å². The van der Waals surface area contributed by atoms with Crippen LogP contribution in [-0.4, -0.2) is 43.6 Å². The summed E-state index contributed by atoms with van der Waals surface area (Å²) in [7, 11) is -0.492. The van der Waals surface area contributed by atoms with Crippen molar-refractivity contribution in [1.29, 1.82) is 0 Å². The van der Waals surface area contributed by atoms with E-state index in [2.05, 4.69) is 10.6 Å². The highest BCUT2D eigenvalue weighted by atomic mass is 35.5. The highest BCUT2D eigenvalue weighted by Crippen LogP contribution is 2.38. The zero-order valence-corrected chi connectivity index (χ0v) is 15.3. The third-order valence-corrected chi connectivity index (χ3v) is 5.07. The van der Waals surface area contributed by atoms with E-state index in [9.17, 15) is 14.0 Å². The van der Waals surface area contributed by atoms with Crippen LogP contribution in [0.15, 0.2) is 18.2 Å². The molecule has 9 heteroatoms. The van der Waals surface area contributed by atoms with Crippen LogP contribution < -0.4 is 10.6 Å². The lowest BCUT2D eigenvalue weighted by Crippen LogP contribution is -2.43. The van der Waals surface area contributed by atoms with Gasteiger partial charge in [-0.2, -0.15) is 0 Å². The summed E-state index contributed by atoms with van der Waals surface area (Å²) in [4.78, 5) is 23.9. The van der Waals surface area contributed by atoms with Crippen molar-refractivity contribution in [2.24, 2.45) is 0 Å². The van der Waals surface area contributed by atoms with Crippen LogP contribution in [0.25, 0.3) is 0 Å². The summed E-state index contributed by atoms with van der Waals surface area (Å²) in [5, 5.41) is 5.27. The van der Waals surface area contributed by atoms with Crippen LogP contribution in [0.5, 0.6) is 0 Å². The second kappa shape index (κ2) is 7.94. The lowest BCUT2D eigenvalue weighted by molar-refractivity contribution is -0.119. The van der Waals surface area contributed by atoms with Crippen molar-refractivity contribution >= 4 is 30.5 Å². The minimum atomic E-state index is -0.702. The number of benzene rings is 1. The van der Waals surface area contributed by atoms with Gasteiger partial charge in [0.1, 0.15) is 5.82 Å². The van der Waals surface area contributed by atoms with Crippen LogP contribution >= 0.6 is 11.6 Å². The van der Waals surface area contributed by atoms with Gasteiger partial charge in [-0.3, -0.25) is 9.59 Å². The third-order valence-electron chi connectivity index (χ3n) is 4.84. The van der Waals surface area contributed by atoms with Crippen LogP contribution in [0, 0.1) is 5.82 Å². The van der Waals surface area contributed by atoms with Gasteiger partial charge in [-0.05, 0) is 38.0 Å². The maximum absolute atomic E-state index is 13.6. The van der Waals surface area contributed by atoms with E-state index in [1.807, 2.05) is 6.92 Å². The van der Waals surface area contributed by atoms with Gasteiger partial charge in [0, 0.05) is 5.02 Å². The molecule has 1 aliphatic heterocycles. The molecule has 1 aromatic rings. The van der Waals surface area contributed by atoms with E-state index in [0.29, 0.717) is 0 Å². The van der Waals surface area contributed by atoms with Crippen molar-refractivity contribution in [3.05, 3.63) is 34.6 Å². The molecule has 2 aliphatic rings. The van der Waals surface area contributed by atoms with Crippen molar-refractivity contribution < 1.29 is 23.3 Å². The number of fused-ring (bicyclic) bond motifs is 1. The van der Waals surface area contributed by atoms with Crippen molar-refractivity contribution in [2.75, 3.05) is 13.0 Å². The van der Waals surface area contributed by atoms with Gasteiger partial charge in [-0.1, -0.05) is 24.4 Å². The first kappa shape index (κ1) is 19.1. The molecule has 1 saturated carbocycles. The number of amides is 2. The second-order valence-corrected chi connectivity index (χ2v) is 7.28. The maximum Gasteiger partial charge on any atom is 0.478 e. The van der Waals surface area contributed by atoms with E-state index in [-0.39, 0.29) is 35.3 Å². The summed E-state index contributed by atoms with van der Waals surface area (Å²) in [6.45, 7) is 1.76. The highest BCUT2D eigenvalue weighted by Gasteiger charge is 2.49. The Kier molecular flexibility index (Phi) is 5.84.